The minimum Gasteiger partial charge on any atom is -0.224 e. The van der Waals surface area contributed by atoms with Crippen LogP contribution in [-0.4, -0.2) is 44.5 Å². The van der Waals surface area contributed by atoms with Gasteiger partial charge >= 0.3 is 24.7 Å². The van der Waals surface area contributed by atoms with E-state index in [1.165, 1.54) is 3.69 Å². The number of halogens is 14. The second-order valence-electron chi connectivity index (χ2n) is 5.92. The van der Waals surface area contributed by atoms with Gasteiger partial charge in [-0.05, 0) is 12.8 Å². The average Bonchev–Trinajstić information content (AvgIpc) is 2.45. The lowest BCUT2D eigenvalue weighted by Gasteiger charge is -2.35. The highest BCUT2D eigenvalue weighted by Crippen LogP contribution is 2.53. The molecular formula is C11H11F13INO3S. The third-order valence-corrected chi connectivity index (χ3v) is 5.39. The molecule has 0 amide bonds. The predicted octanol–water partition coefficient (Wildman–Crippen LogP) is 5.55. The van der Waals surface area contributed by atoms with E-state index in [0.29, 0.717) is 0 Å². The van der Waals surface area contributed by atoms with Gasteiger partial charge in [-0.1, -0.05) is 0 Å². The number of alkyl halides is 13. The Hall–Kier alpha value is -0.310. The standard InChI is InChI=1S/C11H11F13INO3S/c12-7(10(19,20)21,11(22,23)24)4-6(9(16,17)18)3-5(8(13,14)15)1-2-30(27,28)29-26-25/h5-6,26H,1-4H2. The van der Waals surface area contributed by atoms with Crippen molar-refractivity contribution in [1.29, 1.82) is 0 Å². The molecule has 0 aliphatic heterocycles. The molecule has 2 unspecified atom stereocenters. The summed E-state index contributed by atoms with van der Waals surface area (Å²) < 4.78 is 194. The van der Waals surface area contributed by atoms with Gasteiger partial charge in [0.2, 0.25) is 0 Å². The van der Waals surface area contributed by atoms with E-state index in [-0.39, 0.29) is 0 Å². The van der Waals surface area contributed by atoms with Crippen molar-refractivity contribution < 1.29 is 69.8 Å². The fourth-order valence-corrected chi connectivity index (χ4v) is 3.77. The summed E-state index contributed by atoms with van der Waals surface area (Å²) in [5.74, 6) is -8.97. The van der Waals surface area contributed by atoms with Crippen molar-refractivity contribution in [3.05, 3.63) is 0 Å². The fourth-order valence-electron chi connectivity index (χ4n) is 2.20. The molecule has 0 aliphatic rings. The van der Waals surface area contributed by atoms with E-state index in [0.717, 1.165) is 22.9 Å². The maximum Gasteiger partial charge on any atom is 0.431 e. The lowest BCUT2D eigenvalue weighted by molar-refractivity contribution is -0.353. The number of hydrogen-bond donors (Lipinski definition) is 1. The summed E-state index contributed by atoms with van der Waals surface area (Å²) in [7, 11) is -4.77. The smallest absolute Gasteiger partial charge is 0.224 e. The Kier molecular flexibility index (Phi) is 9.57. The van der Waals surface area contributed by atoms with Crippen LogP contribution in [0.2, 0.25) is 0 Å². The monoisotopic (exact) mass is 611 g/mol. The predicted molar refractivity (Wildman–Crippen MR) is 80.9 cm³/mol. The first-order valence-electron chi connectivity index (χ1n) is 7.20. The van der Waals surface area contributed by atoms with E-state index < -0.39 is 77.3 Å². The van der Waals surface area contributed by atoms with Crippen LogP contribution in [0.15, 0.2) is 0 Å². The molecule has 0 aromatic rings. The van der Waals surface area contributed by atoms with Crippen LogP contribution in [-0.2, 0) is 14.4 Å². The van der Waals surface area contributed by atoms with Crippen molar-refractivity contribution in [3.63, 3.8) is 0 Å². The lowest BCUT2D eigenvalue weighted by Crippen LogP contribution is -2.55. The molecule has 0 spiro atoms. The zero-order valence-electron chi connectivity index (χ0n) is 13.9. The maximum atomic E-state index is 13.7. The molecule has 0 saturated heterocycles. The minimum atomic E-state index is -6.91. The van der Waals surface area contributed by atoms with E-state index in [1.54, 1.807) is 0 Å². The maximum absolute atomic E-state index is 13.7. The highest BCUT2D eigenvalue weighted by atomic mass is 127. The largest absolute Gasteiger partial charge is 0.431 e. The van der Waals surface area contributed by atoms with Crippen molar-refractivity contribution in [1.82, 2.24) is 3.69 Å². The Labute approximate surface area is 174 Å². The van der Waals surface area contributed by atoms with Crippen LogP contribution in [0.1, 0.15) is 19.3 Å². The molecule has 0 aromatic carbocycles. The lowest BCUT2D eigenvalue weighted by atomic mass is 9.83. The summed E-state index contributed by atoms with van der Waals surface area (Å²) in [4.78, 5) is 0. The third kappa shape index (κ3) is 8.32. The van der Waals surface area contributed by atoms with Crippen LogP contribution >= 0.6 is 22.9 Å². The van der Waals surface area contributed by atoms with Gasteiger partial charge in [0.05, 0.1) is 17.6 Å². The summed E-state index contributed by atoms with van der Waals surface area (Å²) in [6.07, 6.45) is -33.2. The molecule has 182 valence electrons. The normalized spacial score (nSPS) is 17.1. The molecule has 0 fully saturated rings. The Morgan fingerprint density at radius 3 is 1.47 bits per heavy atom. The van der Waals surface area contributed by atoms with Gasteiger partial charge in [-0.3, -0.25) is 0 Å². The summed E-state index contributed by atoms with van der Waals surface area (Å²) in [6, 6.07) is 0. The molecule has 19 heteroatoms. The Balaban J connectivity index is 5.96. The zero-order chi connectivity index (χ0) is 24.4. The molecule has 0 saturated carbocycles. The van der Waals surface area contributed by atoms with Crippen molar-refractivity contribution in [3.8, 4) is 0 Å². The first-order chi connectivity index (χ1) is 13.0. The van der Waals surface area contributed by atoms with Gasteiger partial charge in [-0.15, -0.1) is 3.69 Å². The van der Waals surface area contributed by atoms with Crippen molar-refractivity contribution in [2.45, 2.75) is 49.6 Å². The quantitative estimate of drug-likeness (QED) is 0.161. The van der Waals surface area contributed by atoms with Crippen LogP contribution in [0, 0.1) is 11.8 Å². The van der Waals surface area contributed by atoms with E-state index >= 15 is 0 Å². The number of hydrogen-bond acceptors (Lipinski definition) is 4. The highest BCUT2D eigenvalue weighted by molar-refractivity contribution is 14.1. The SMILES string of the molecule is O=S(=O)(CCC(CC(CC(F)(C(F)(F)F)C(F)(F)F)C(F)(F)F)C(F)(F)F)ONI. The highest BCUT2D eigenvalue weighted by Gasteiger charge is 2.74. The van der Waals surface area contributed by atoms with E-state index in [1.807, 2.05) is 0 Å². The van der Waals surface area contributed by atoms with Gasteiger partial charge in [-0.25, -0.2) is 4.39 Å². The topological polar surface area (TPSA) is 55.4 Å². The molecular weight excluding hydrogens is 600 g/mol. The van der Waals surface area contributed by atoms with Gasteiger partial charge in [-0.2, -0.15) is 65.4 Å². The van der Waals surface area contributed by atoms with Crippen LogP contribution in [0.25, 0.3) is 0 Å². The van der Waals surface area contributed by atoms with E-state index in [9.17, 15) is 65.5 Å². The molecule has 0 rings (SSSR count). The van der Waals surface area contributed by atoms with Crippen molar-refractivity contribution >= 4 is 33.0 Å². The third-order valence-electron chi connectivity index (χ3n) is 3.80. The second-order valence-corrected chi connectivity index (χ2v) is 8.06. The molecule has 4 nitrogen and oxygen atoms in total. The van der Waals surface area contributed by atoms with Gasteiger partial charge in [0.15, 0.2) is 0 Å². The first-order valence-corrected chi connectivity index (χ1v) is 9.86. The van der Waals surface area contributed by atoms with Gasteiger partial charge in [0.1, 0.15) is 0 Å². The van der Waals surface area contributed by atoms with Crippen LogP contribution in [0.3, 0.4) is 0 Å². The van der Waals surface area contributed by atoms with Gasteiger partial charge < -0.3 is 0 Å². The molecule has 0 radical (unpaired) electrons. The second kappa shape index (κ2) is 9.67. The Morgan fingerprint density at radius 1 is 0.767 bits per heavy atom. The average molecular weight is 611 g/mol. The molecule has 0 heterocycles. The molecule has 0 bridgehead atoms. The number of nitrogens with one attached hydrogen (secondary N) is 1. The summed E-state index contributed by atoms with van der Waals surface area (Å²) >= 11 is 1.07. The van der Waals surface area contributed by atoms with Crippen molar-refractivity contribution in [2.75, 3.05) is 5.75 Å². The minimum absolute atomic E-state index is 1.07. The van der Waals surface area contributed by atoms with Gasteiger partial charge in [0.25, 0.3) is 15.8 Å². The molecule has 1 N–H and O–H groups in total. The zero-order valence-corrected chi connectivity index (χ0v) is 16.9. The summed E-state index contributed by atoms with van der Waals surface area (Å²) in [5.41, 5.74) is -6.45. The Morgan fingerprint density at radius 2 is 1.17 bits per heavy atom. The number of rotatable bonds is 9. The van der Waals surface area contributed by atoms with Crippen molar-refractivity contribution in [2.24, 2.45) is 11.8 Å². The van der Waals surface area contributed by atoms with E-state index in [4.69, 9.17) is 0 Å². The van der Waals surface area contributed by atoms with Crippen LogP contribution in [0.5, 0.6) is 0 Å². The van der Waals surface area contributed by atoms with Crippen LogP contribution < -0.4 is 3.69 Å². The Bertz CT molecular complexity index is 641. The van der Waals surface area contributed by atoms with Crippen LogP contribution in [0.4, 0.5) is 57.1 Å². The molecule has 0 aliphatic carbocycles. The van der Waals surface area contributed by atoms with E-state index in [2.05, 4.69) is 4.28 Å². The fraction of sp³-hybridized carbons (Fsp3) is 1.00. The van der Waals surface area contributed by atoms with Gasteiger partial charge in [0, 0.05) is 29.3 Å². The molecule has 0 aromatic heterocycles. The molecule has 2 atom stereocenters. The summed E-state index contributed by atoms with van der Waals surface area (Å²) in [5, 5.41) is 0. The molecule has 30 heavy (non-hydrogen) atoms. The first kappa shape index (κ1) is 29.7. The summed E-state index contributed by atoms with van der Waals surface area (Å²) in [6.45, 7) is 0.